The Bertz CT molecular complexity index is 987. The van der Waals surface area contributed by atoms with E-state index in [1.54, 1.807) is 12.4 Å². The Morgan fingerprint density at radius 2 is 1.75 bits per heavy atom. The van der Waals surface area contributed by atoms with Crippen molar-refractivity contribution in [3.8, 4) is 5.69 Å². The molecule has 0 spiro atoms. The Morgan fingerprint density at radius 3 is 2.60 bits per heavy atom. The monoisotopic (exact) mass is 327 g/mol. The molecule has 0 fully saturated rings. The van der Waals surface area contributed by atoms with Gasteiger partial charge < -0.3 is 0 Å². The third-order valence-electron chi connectivity index (χ3n) is 3.26. The molecule has 2 aromatic heterocycles. The third-order valence-corrected chi connectivity index (χ3v) is 5.59. The van der Waals surface area contributed by atoms with Crippen LogP contribution in [0.25, 0.3) is 26.1 Å². The Labute approximate surface area is 120 Å². The van der Waals surface area contributed by atoms with Gasteiger partial charge in [0.15, 0.2) is 0 Å². The van der Waals surface area contributed by atoms with Crippen LogP contribution in [-0.4, -0.2) is 28.5 Å². The van der Waals surface area contributed by atoms with Crippen LogP contribution in [0.1, 0.15) is 0 Å². The molecule has 4 rings (SSSR count). The molecule has 4 aromatic rings. The van der Waals surface area contributed by atoms with Crippen molar-refractivity contribution in [2.45, 2.75) is 0 Å². The van der Waals surface area contributed by atoms with E-state index < -0.39 is 0 Å². The first kappa shape index (κ1) is 11.6. The molecule has 5 heteroatoms. The van der Waals surface area contributed by atoms with Crippen molar-refractivity contribution < 1.29 is 0 Å². The number of nitrogens with zero attached hydrogens (tertiary/aromatic N) is 3. The topological polar surface area (TPSA) is 47.8 Å². The van der Waals surface area contributed by atoms with Gasteiger partial charge in [0, 0.05) is 0 Å². The molecule has 0 saturated heterocycles. The van der Waals surface area contributed by atoms with Gasteiger partial charge in [0.05, 0.1) is 0 Å². The van der Waals surface area contributed by atoms with Crippen LogP contribution in [0.15, 0.2) is 59.7 Å². The van der Waals surface area contributed by atoms with Crippen LogP contribution >= 0.6 is 0 Å². The molecule has 0 aliphatic carbocycles. The Balaban J connectivity index is 2.01. The van der Waals surface area contributed by atoms with Gasteiger partial charge in [0.25, 0.3) is 0 Å². The molecule has 0 aliphatic heterocycles. The molecule has 2 heterocycles. The zero-order chi connectivity index (χ0) is 13.5. The second kappa shape index (κ2) is 4.40. The fourth-order valence-electron chi connectivity index (χ4n) is 2.25. The number of hydrogen-bond donors (Lipinski definition) is 0. The van der Waals surface area contributed by atoms with Gasteiger partial charge in [-0.05, 0) is 0 Å². The normalized spacial score (nSPS) is 11.2. The first-order valence-corrected chi connectivity index (χ1v) is 7.77. The van der Waals surface area contributed by atoms with Gasteiger partial charge in [-0.25, -0.2) is 0 Å². The molecule has 2 aromatic carbocycles. The molecule has 0 aliphatic rings. The number of rotatable bonds is 1. The molecule has 96 valence electrons. The summed E-state index contributed by atoms with van der Waals surface area (Å²) < 4.78 is 3.00. The van der Waals surface area contributed by atoms with Crippen LogP contribution in [-0.2, 0) is 0 Å². The number of hydrogen-bond acceptors (Lipinski definition) is 3. The van der Waals surface area contributed by atoms with Crippen LogP contribution < -0.4 is 5.56 Å². The van der Waals surface area contributed by atoms with Crippen LogP contribution in [0.5, 0.6) is 0 Å². The molecule has 0 atom stereocenters. The zero-order valence-corrected chi connectivity index (χ0v) is 12.1. The van der Waals surface area contributed by atoms with Crippen LogP contribution in [0.3, 0.4) is 0 Å². The summed E-state index contributed by atoms with van der Waals surface area (Å²) in [5.74, 6) is 0. The van der Waals surface area contributed by atoms with Crippen molar-refractivity contribution in [2.75, 3.05) is 0 Å². The summed E-state index contributed by atoms with van der Waals surface area (Å²) in [4.78, 5) is 12.4. The van der Waals surface area contributed by atoms with E-state index in [1.807, 2.05) is 46.0 Å². The third kappa shape index (κ3) is 1.72. The zero-order valence-electron chi connectivity index (χ0n) is 10.4. The summed E-state index contributed by atoms with van der Waals surface area (Å²) in [6, 6.07) is 13.8. The van der Waals surface area contributed by atoms with Crippen LogP contribution in [0, 0.1) is 0 Å². The van der Waals surface area contributed by atoms with E-state index in [2.05, 4.69) is 10.2 Å². The molecular weight excluding hydrogens is 317 g/mol. The fraction of sp³-hybridized carbons (Fsp3) is 0. The average Bonchev–Trinajstić information content (AvgIpc) is 2.84. The van der Waals surface area contributed by atoms with Gasteiger partial charge in [-0.3, -0.25) is 0 Å². The van der Waals surface area contributed by atoms with E-state index >= 15 is 0 Å². The number of benzene rings is 2. The minimum absolute atomic E-state index is 0.00180. The Hall–Kier alpha value is -2.23. The quantitative estimate of drug-likeness (QED) is 0.503. The predicted molar refractivity (Wildman–Crippen MR) is 79.6 cm³/mol. The van der Waals surface area contributed by atoms with Crippen molar-refractivity contribution in [1.29, 1.82) is 0 Å². The summed E-state index contributed by atoms with van der Waals surface area (Å²) in [5.41, 5.74) is 1.01. The van der Waals surface area contributed by atoms with E-state index in [0.717, 1.165) is 26.1 Å². The summed E-state index contributed by atoms with van der Waals surface area (Å²) in [6.07, 6.45) is 3.45. The van der Waals surface area contributed by atoms with Gasteiger partial charge in [-0.15, -0.1) is 0 Å². The van der Waals surface area contributed by atoms with Gasteiger partial charge in [-0.1, -0.05) is 0 Å². The van der Waals surface area contributed by atoms with Crippen molar-refractivity contribution >= 4 is 35.2 Å². The first-order valence-electron chi connectivity index (χ1n) is 6.15. The molecule has 0 radical (unpaired) electrons. The maximum absolute atomic E-state index is 12.4. The first-order chi connectivity index (χ1) is 9.83. The number of fused-ring (bicyclic) bond motifs is 2. The molecule has 0 N–H and O–H groups in total. The van der Waals surface area contributed by atoms with E-state index in [-0.39, 0.29) is 20.3 Å². The summed E-state index contributed by atoms with van der Waals surface area (Å²) in [7, 11) is 0. The van der Waals surface area contributed by atoms with Crippen LogP contribution in [0.4, 0.5) is 0 Å². The van der Waals surface area contributed by atoms with E-state index in [1.165, 1.54) is 0 Å². The van der Waals surface area contributed by atoms with Gasteiger partial charge in [0.2, 0.25) is 0 Å². The second-order valence-electron chi connectivity index (χ2n) is 4.49. The van der Waals surface area contributed by atoms with Crippen molar-refractivity contribution in [3.63, 3.8) is 0 Å². The molecule has 4 nitrogen and oxygen atoms in total. The van der Waals surface area contributed by atoms with Crippen molar-refractivity contribution in [2.24, 2.45) is 0 Å². The summed E-state index contributed by atoms with van der Waals surface area (Å²) in [6.45, 7) is 0. The molecule has 0 unspecified atom stereocenters. The van der Waals surface area contributed by atoms with E-state index in [9.17, 15) is 4.79 Å². The maximum atomic E-state index is 12.4. The van der Waals surface area contributed by atoms with Crippen molar-refractivity contribution in [1.82, 2.24) is 13.8 Å². The molecular formula is C15H9N3OSe. The summed E-state index contributed by atoms with van der Waals surface area (Å²) >= 11 is 0.00180. The Morgan fingerprint density at radius 1 is 0.950 bits per heavy atom. The van der Waals surface area contributed by atoms with Crippen LogP contribution in [0.2, 0.25) is 0 Å². The summed E-state index contributed by atoms with van der Waals surface area (Å²) in [5, 5.41) is 10.6. The minimum atomic E-state index is 0.00180. The Kier molecular flexibility index (Phi) is 2.55. The number of aromatic nitrogens is 3. The second-order valence-corrected chi connectivity index (χ2v) is 6.56. The van der Waals surface area contributed by atoms with Gasteiger partial charge in [0.1, 0.15) is 0 Å². The fourth-order valence-corrected chi connectivity index (χ4v) is 4.33. The average molecular weight is 326 g/mol. The van der Waals surface area contributed by atoms with Gasteiger partial charge >= 0.3 is 120 Å². The van der Waals surface area contributed by atoms with Gasteiger partial charge in [-0.2, -0.15) is 0 Å². The van der Waals surface area contributed by atoms with E-state index in [4.69, 9.17) is 0 Å². The van der Waals surface area contributed by atoms with Crippen molar-refractivity contribution in [3.05, 3.63) is 65.2 Å². The molecule has 0 bridgehead atoms. The SMILES string of the molecule is O=c1c2ccccc2[se]n1-c1ccc2cnncc2c1. The standard InChI is InChI=1S/C15H9N3OSe/c19-15-13-3-1-2-4-14(13)20-18(15)12-6-5-10-8-16-17-9-11(10)7-12/h1-9H. The molecule has 20 heavy (non-hydrogen) atoms. The molecule has 0 saturated carbocycles. The predicted octanol–water partition coefficient (Wildman–Crippen LogP) is 1.99. The van der Waals surface area contributed by atoms with E-state index in [0.29, 0.717) is 0 Å². The molecule has 0 amide bonds.